The Balaban J connectivity index is 2.06. The van der Waals surface area contributed by atoms with Crippen LogP contribution in [0.1, 0.15) is 56.7 Å². The molecule has 3 aliphatic heterocycles. The van der Waals surface area contributed by atoms with Gasteiger partial charge in [-0.15, -0.1) is 0 Å². The number of thioether (sulfide) groups is 1. The summed E-state index contributed by atoms with van der Waals surface area (Å²) in [4.78, 5) is 28.1. The Morgan fingerprint density at radius 2 is 2.08 bits per heavy atom. The average Bonchev–Trinajstić information content (AvgIpc) is 3.00. The van der Waals surface area contributed by atoms with Gasteiger partial charge in [-0.05, 0) is 49.8 Å². The van der Waals surface area contributed by atoms with Crippen molar-refractivity contribution in [3.05, 3.63) is 33.7 Å². The molecule has 4 rings (SSSR count). The zero-order chi connectivity index (χ0) is 18.1. The highest BCUT2D eigenvalue weighted by atomic mass is 32.2. The fraction of sp³-hybridized carbons (Fsp3) is 0.421. The van der Waals surface area contributed by atoms with Gasteiger partial charge in [0.25, 0.3) is 11.8 Å². The first-order chi connectivity index (χ1) is 11.7. The van der Waals surface area contributed by atoms with E-state index in [0.29, 0.717) is 20.7 Å². The van der Waals surface area contributed by atoms with Crippen molar-refractivity contribution >= 4 is 51.4 Å². The van der Waals surface area contributed by atoms with Crippen molar-refractivity contribution in [2.45, 2.75) is 52.0 Å². The summed E-state index contributed by atoms with van der Waals surface area (Å²) in [5.74, 6) is 0.0261. The summed E-state index contributed by atoms with van der Waals surface area (Å²) in [6, 6.07) is 4.29. The Morgan fingerprint density at radius 1 is 1.36 bits per heavy atom. The van der Waals surface area contributed by atoms with Gasteiger partial charge >= 0.3 is 0 Å². The first kappa shape index (κ1) is 16.8. The van der Waals surface area contributed by atoms with Crippen molar-refractivity contribution in [3.8, 4) is 0 Å². The Morgan fingerprint density at radius 3 is 2.68 bits per heavy atom. The highest BCUT2D eigenvalue weighted by Crippen LogP contribution is 2.53. The number of carbonyl (C=O) groups excluding carboxylic acids is 2. The van der Waals surface area contributed by atoms with Crippen LogP contribution in [0.25, 0.3) is 5.57 Å². The normalized spacial score (nSPS) is 27.0. The molecule has 0 spiro atoms. The highest BCUT2D eigenvalue weighted by molar-refractivity contribution is 8.27. The van der Waals surface area contributed by atoms with E-state index in [1.54, 1.807) is 0 Å². The largest absolute Gasteiger partial charge is 0.307 e. The SMILES string of the molecule is CCc1cc2c3c(c1)C(C)CC(C)(C)N3C(=O)/C2=C1/SC(=S)NC1=O. The van der Waals surface area contributed by atoms with E-state index in [9.17, 15) is 9.59 Å². The molecule has 0 aromatic heterocycles. The van der Waals surface area contributed by atoms with Crippen LogP contribution in [0.2, 0.25) is 0 Å². The number of thiocarbonyl (C=S) groups is 1. The molecule has 3 heterocycles. The maximum Gasteiger partial charge on any atom is 0.264 e. The minimum atomic E-state index is -0.283. The summed E-state index contributed by atoms with van der Waals surface area (Å²) in [6.07, 6.45) is 1.80. The molecule has 6 heteroatoms. The Kier molecular flexibility index (Phi) is 3.64. The molecule has 1 unspecified atom stereocenters. The smallest absolute Gasteiger partial charge is 0.264 e. The third-order valence-electron chi connectivity index (χ3n) is 5.30. The predicted octanol–water partition coefficient (Wildman–Crippen LogP) is 3.74. The molecule has 1 aromatic rings. The van der Waals surface area contributed by atoms with Crippen LogP contribution in [0.4, 0.5) is 5.69 Å². The average molecular weight is 373 g/mol. The number of rotatable bonds is 1. The zero-order valence-electron chi connectivity index (χ0n) is 14.7. The van der Waals surface area contributed by atoms with E-state index in [2.05, 4.69) is 45.1 Å². The Bertz CT molecular complexity index is 886. The lowest BCUT2D eigenvalue weighted by Gasteiger charge is -2.43. The van der Waals surface area contributed by atoms with Crippen LogP contribution in [-0.4, -0.2) is 21.7 Å². The van der Waals surface area contributed by atoms with E-state index in [-0.39, 0.29) is 17.4 Å². The Labute approximate surface area is 157 Å². The predicted molar refractivity (Wildman–Crippen MR) is 106 cm³/mol. The number of hydrogen-bond acceptors (Lipinski definition) is 4. The maximum atomic E-state index is 13.4. The third kappa shape index (κ3) is 2.30. The lowest BCUT2D eigenvalue weighted by Crippen LogP contribution is -2.49. The molecule has 3 aliphatic rings. The van der Waals surface area contributed by atoms with Crippen LogP contribution in [0.5, 0.6) is 0 Å². The zero-order valence-corrected chi connectivity index (χ0v) is 16.4. The van der Waals surface area contributed by atoms with Crippen LogP contribution in [-0.2, 0) is 16.0 Å². The molecule has 2 amide bonds. The fourth-order valence-corrected chi connectivity index (χ4v) is 5.41. The van der Waals surface area contributed by atoms with Crippen LogP contribution >= 0.6 is 24.0 Å². The van der Waals surface area contributed by atoms with Gasteiger partial charge in [-0.25, -0.2) is 0 Å². The van der Waals surface area contributed by atoms with Crippen molar-refractivity contribution in [2.24, 2.45) is 0 Å². The summed E-state index contributed by atoms with van der Waals surface area (Å²) >= 11 is 6.32. The van der Waals surface area contributed by atoms with Gasteiger partial charge in [0.1, 0.15) is 4.32 Å². The topological polar surface area (TPSA) is 49.4 Å². The van der Waals surface area contributed by atoms with Gasteiger partial charge in [-0.3, -0.25) is 9.59 Å². The maximum absolute atomic E-state index is 13.4. The standard InChI is InChI=1S/C19H20N2O2S2/c1-5-10-6-11-9(2)8-19(3,4)21-14(11)12(7-10)13(17(21)23)15-16(22)20-18(24)25-15/h6-7,9H,5,8H2,1-4H3,(H,20,22,24)/b15-13+. The van der Waals surface area contributed by atoms with E-state index < -0.39 is 0 Å². The van der Waals surface area contributed by atoms with Crippen molar-refractivity contribution < 1.29 is 9.59 Å². The lowest BCUT2D eigenvalue weighted by molar-refractivity contribution is -0.116. The molecule has 1 saturated heterocycles. The summed E-state index contributed by atoms with van der Waals surface area (Å²) in [7, 11) is 0. The fourth-order valence-electron chi connectivity index (χ4n) is 4.29. The van der Waals surface area contributed by atoms with E-state index in [1.165, 1.54) is 22.9 Å². The van der Waals surface area contributed by atoms with Crippen molar-refractivity contribution in [3.63, 3.8) is 0 Å². The van der Waals surface area contributed by atoms with Gasteiger partial charge in [0.2, 0.25) is 0 Å². The second-order valence-electron chi connectivity index (χ2n) is 7.54. The van der Waals surface area contributed by atoms with E-state index in [1.807, 2.05) is 4.90 Å². The first-order valence-corrected chi connectivity index (χ1v) is 9.76. The van der Waals surface area contributed by atoms with Gasteiger partial charge in [-0.2, -0.15) is 0 Å². The summed E-state index contributed by atoms with van der Waals surface area (Å²) < 4.78 is 0.412. The number of nitrogens with zero attached hydrogens (tertiary/aromatic N) is 1. The van der Waals surface area contributed by atoms with Gasteiger partial charge in [-0.1, -0.05) is 43.9 Å². The molecule has 1 fully saturated rings. The van der Waals surface area contributed by atoms with Gasteiger partial charge in [0, 0.05) is 11.1 Å². The van der Waals surface area contributed by atoms with Crippen LogP contribution in [0.3, 0.4) is 0 Å². The molecule has 1 atom stereocenters. The van der Waals surface area contributed by atoms with E-state index >= 15 is 0 Å². The van der Waals surface area contributed by atoms with Crippen LogP contribution < -0.4 is 10.2 Å². The van der Waals surface area contributed by atoms with Gasteiger partial charge in [0.15, 0.2) is 0 Å². The molecule has 130 valence electrons. The Hall–Kier alpha value is -1.66. The van der Waals surface area contributed by atoms with Gasteiger partial charge in [0.05, 0.1) is 16.2 Å². The molecule has 0 saturated carbocycles. The monoisotopic (exact) mass is 372 g/mol. The third-order valence-corrected chi connectivity index (χ3v) is 6.54. The van der Waals surface area contributed by atoms with Crippen LogP contribution in [0.15, 0.2) is 17.0 Å². The minimum absolute atomic E-state index is 0.0799. The first-order valence-electron chi connectivity index (χ1n) is 8.53. The molecule has 1 aromatic carbocycles. The second-order valence-corrected chi connectivity index (χ2v) is 9.23. The van der Waals surface area contributed by atoms with Crippen molar-refractivity contribution in [1.82, 2.24) is 5.32 Å². The molecule has 0 aliphatic carbocycles. The molecule has 0 bridgehead atoms. The summed E-state index contributed by atoms with van der Waals surface area (Å²) in [5, 5.41) is 2.64. The van der Waals surface area contributed by atoms with Gasteiger partial charge < -0.3 is 10.2 Å². The van der Waals surface area contributed by atoms with Crippen LogP contribution in [0, 0.1) is 0 Å². The number of anilines is 1. The van der Waals surface area contributed by atoms with E-state index in [0.717, 1.165) is 24.1 Å². The molecule has 4 nitrogen and oxygen atoms in total. The van der Waals surface area contributed by atoms with Crippen molar-refractivity contribution in [1.29, 1.82) is 0 Å². The molecule has 0 radical (unpaired) electrons. The molecular weight excluding hydrogens is 352 g/mol. The quantitative estimate of drug-likeness (QED) is 0.603. The van der Waals surface area contributed by atoms with E-state index in [4.69, 9.17) is 12.2 Å². The number of amides is 2. The molecule has 1 N–H and O–H groups in total. The summed E-state index contributed by atoms with van der Waals surface area (Å²) in [5.41, 5.74) is 4.51. The van der Waals surface area contributed by atoms with Crippen molar-refractivity contribution in [2.75, 3.05) is 4.90 Å². The number of nitrogens with one attached hydrogen (secondary N) is 1. The minimum Gasteiger partial charge on any atom is -0.307 e. The number of carbonyl (C=O) groups is 2. The molecular formula is C19H20N2O2S2. The second kappa shape index (κ2) is 5.42. The lowest BCUT2D eigenvalue weighted by atomic mass is 9.79. The number of hydrogen-bond donors (Lipinski definition) is 1. The number of aryl methyl sites for hydroxylation is 1. The summed E-state index contributed by atoms with van der Waals surface area (Å²) in [6.45, 7) is 8.53. The highest BCUT2D eigenvalue weighted by Gasteiger charge is 2.49. The number of benzene rings is 1. The molecule has 25 heavy (non-hydrogen) atoms.